The van der Waals surface area contributed by atoms with Crippen LogP contribution in [0.1, 0.15) is 33.6 Å². The third-order valence-corrected chi connectivity index (χ3v) is 4.45. The van der Waals surface area contributed by atoms with Gasteiger partial charge in [-0.25, -0.2) is 4.79 Å². The van der Waals surface area contributed by atoms with Gasteiger partial charge in [-0.2, -0.15) is 0 Å². The molecule has 1 aliphatic carbocycles. The van der Waals surface area contributed by atoms with Crippen LogP contribution in [0.4, 0.5) is 5.69 Å². The zero-order valence-corrected chi connectivity index (χ0v) is 16.0. The number of nitrogens with one attached hydrogen (secondary N) is 2. The molecule has 0 bridgehead atoms. The first-order valence-electron chi connectivity index (χ1n) is 8.15. The molecule has 1 aliphatic rings. The lowest BCUT2D eigenvalue weighted by Gasteiger charge is -2.09. The Morgan fingerprint density at radius 1 is 1.04 bits per heavy atom. The topological polar surface area (TPSA) is 84.5 Å². The molecule has 7 heteroatoms. The Morgan fingerprint density at radius 2 is 1.77 bits per heavy atom. The summed E-state index contributed by atoms with van der Waals surface area (Å²) in [7, 11) is 0. The monoisotopic (exact) mass is 464 g/mol. The van der Waals surface area contributed by atoms with Gasteiger partial charge < -0.3 is 15.4 Å². The molecule has 134 valence electrons. The fraction of sp³-hybridized carbons (Fsp3) is 0.211. The second-order valence-corrected chi connectivity index (χ2v) is 7.21. The molecule has 0 aliphatic heterocycles. The van der Waals surface area contributed by atoms with E-state index in [1.54, 1.807) is 48.5 Å². The summed E-state index contributed by atoms with van der Waals surface area (Å²) in [5, 5.41) is 5.52. The van der Waals surface area contributed by atoms with Crippen LogP contribution < -0.4 is 10.6 Å². The van der Waals surface area contributed by atoms with Gasteiger partial charge in [0.15, 0.2) is 6.61 Å². The number of hydrogen-bond donors (Lipinski definition) is 2. The molecule has 0 spiro atoms. The molecule has 1 saturated carbocycles. The molecule has 6 nitrogen and oxygen atoms in total. The summed E-state index contributed by atoms with van der Waals surface area (Å²) in [5.74, 6) is -1.19. The molecule has 0 aromatic heterocycles. The van der Waals surface area contributed by atoms with Gasteiger partial charge in [0.05, 0.1) is 5.56 Å². The number of benzene rings is 2. The van der Waals surface area contributed by atoms with Gasteiger partial charge in [0.1, 0.15) is 0 Å². The van der Waals surface area contributed by atoms with E-state index < -0.39 is 18.5 Å². The molecular weight excluding hydrogens is 447 g/mol. The molecule has 0 atom stereocenters. The zero-order chi connectivity index (χ0) is 18.5. The molecule has 0 saturated heterocycles. The molecule has 1 fully saturated rings. The molecule has 0 unspecified atom stereocenters. The zero-order valence-electron chi connectivity index (χ0n) is 13.8. The van der Waals surface area contributed by atoms with Crippen molar-refractivity contribution in [2.45, 2.75) is 18.9 Å². The quantitative estimate of drug-likeness (QED) is 0.509. The van der Waals surface area contributed by atoms with E-state index in [1.165, 1.54) is 0 Å². The number of halogens is 1. The Labute approximate surface area is 164 Å². The van der Waals surface area contributed by atoms with E-state index >= 15 is 0 Å². The number of carbonyl (C=O) groups excluding carboxylic acids is 3. The first kappa shape index (κ1) is 18.4. The standard InChI is InChI=1S/C19H17IN2O4/c20-14-6-4-12(5-7-14)19(25)26-11-17(23)21-16-3-1-2-13(10-16)18(24)22-15-8-9-15/h1-7,10,15H,8-9,11H2,(H,21,23)(H,22,24). The third kappa shape index (κ3) is 5.29. The third-order valence-electron chi connectivity index (χ3n) is 3.74. The van der Waals surface area contributed by atoms with E-state index in [2.05, 4.69) is 33.2 Å². The van der Waals surface area contributed by atoms with Gasteiger partial charge in [0.25, 0.3) is 11.8 Å². The highest BCUT2D eigenvalue weighted by Gasteiger charge is 2.23. The van der Waals surface area contributed by atoms with Gasteiger partial charge in [-0.15, -0.1) is 0 Å². The highest BCUT2D eigenvalue weighted by atomic mass is 127. The van der Waals surface area contributed by atoms with E-state index in [9.17, 15) is 14.4 Å². The smallest absolute Gasteiger partial charge is 0.338 e. The lowest BCUT2D eigenvalue weighted by Crippen LogP contribution is -2.25. The Kier molecular flexibility index (Phi) is 5.87. The van der Waals surface area contributed by atoms with E-state index in [1.807, 2.05) is 0 Å². The van der Waals surface area contributed by atoms with Crippen molar-refractivity contribution in [1.82, 2.24) is 5.32 Å². The van der Waals surface area contributed by atoms with Crippen LogP contribution in [-0.4, -0.2) is 30.4 Å². The van der Waals surface area contributed by atoms with Gasteiger partial charge >= 0.3 is 5.97 Å². The van der Waals surface area contributed by atoms with Gasteiger partial charge in [-0.1, -0.05) is 6.07 Å². The summed E-state index contributed by atoms with van der Waals surface area (Å²) in [6, 6.07) is 13.8. The Balaban J connectivity index is 1.52. The molecular formula is C19H17IN2O4. The number of ether oxygens (including phenoxy) is 1. The Hall–Kier alpha value is -2.42. The summed E-state index contributed by atoms with van der Waals surface area (Å²) in [6.45, 7) is -0.399. The van der Waals surface area contributed by atoms with Crippen LogP contribution in [0.2, 0.25) is 0 Å². The van der Waals surface area contributed by atoms with E-state index in [-0.39, 0.29) is 11.9 Å². The molecule has 0 radical (unpaired) electrons. The maximum atomic E-state index is 12.0. The van der Waals surface area contributed by atoms with Crippen LogP contribution in [0.3, 0.4) is 0 Å². The molecule has 3 rings (SSSR count). The number of carbonyl (C=O) groups is 3. The van der Waals surface area contributed by atoms with Gasteiger partial charge in [-0.05, 0) is 77.9 Å². The van der Waals surface area contributed by atoms with Crippen molar-refractivity contribution < 1.29 is 19.1 Å². The summed E-state index contributed by atoms with van der Waals surface area (Å²) < 4.78 is 6.01. The Morgan fingerprint density at radius 3 is 2.46 bits per heavy atom. The average Bonchev–Trinajstić information content (AvgIpc) is 3.44. The van der Waals surface area contributed by atoms with Crippen LogP contribution >= 0.6 is 22.6 Å². The number of esters is 1. The maximum absolute atomic E-state index is 12.0. The van der Waals surface area contributed by atoms with Gasteiger partial charge in [0.2, 0.25) is 0 Å². The number of amides is 2. The normalized spacial score (nSPS) is 13.0. The van der Waals surface area contributed by atoms with Crippen molar-refractivity contribution in [1.29, 1.82) is 0 Å². The molecule has 0 heterocycles. The van der Waals surface area contributed by atoms with E-state index in [4.69, 9.17) is 4.74 Å². The summed E-state index contributed by atoms with van der Waals surface area (Å²) in [4.78, 5) is 35.9. The van der Waals surface area contributed by atoms with Crippen LogP contribution in [0.25, 0.3) is 0 Å². The van der Waals surface area contributed by atoms with E-state index in [0.717, 1.165) is 16.4 Å². The van der Waals surface area contributed by atoms with Crippen molar-refractivity contribution in [3.8, 4) is 0 Å². The van der Waals surface area contributed by atoms with Crippen molar-refractivity contribution in [2.24, 2.45) is 0 Å². The second-order valence-electron chi connectivity index (χ2n) is 5.96. The number of rotatable bonds is 6. The minimum Gasteiger partial charge on any atom is -0.452 e. The van der Waals surface area contributed by atoms with Gasteiger partial charge in [0, 0.05) is 20.9 Å². The highest BCUT2D eigenvalue weighted by molar-refractivity contribution is 14.1. The van der Waals surface area contributed by atoms with Crippen molar-refractivity contribution in [3.05, 3.63) is 63.2 Å². The lowest BCUT2D eigenvalue weighted by atomic mass is 10.2. The minimum absolute atomic E-state index is 0.159. The van der Waals surface area contributed by atoms with Crippen molar-refractivity contribution >= 4 is 46.1 Å². The lowest BCUT2D eigenvalue weighted by molar-refractivity contribution is -0.119. The minimum atomic E-state index is -0.561. The second kappa shape index (κ2) is 8.31. The van der Waals surface area contributed by atoms with Crippen LogP contribution in [0, 0.1) is 3.57 Å². The summed E-state index contributed by atoms with van der Waals surface area (Å²) >= 11 is 2.14. The fourth-order valence-corrected chi connectivity index (χ4v) is 2.59. The fourth-order valence-electron chi connectivity index (χ4n) is 2.23. The average molecular weight is 464 g/mol. The molecule has 2 aromatic rings. The first-order valence-corrected chi connectivity index (χ1v) is 9.22. The maximum Gasteiger partial charge on any atom is 0.338 e. The predicted octanol–water partition coefficient (Wildman–Crippen LogP) is 2.98. The molecule has 2 amide bonds. The largest absolute Gasteiger partial charge is 0.452 e. The summed E-state index contributed by atoms with van der Waals surface area (Å²) in [6.07, 6.45) is 2.02. The summed E-state index contributed by atoms with van der Waals surface area (Å²) in [5.41, 5.74) is 1.34. The molecule has 26 heavy (non-hydrogen) atoms. The number of anilines is 1. The Bertz CT molecular complexity index is 832. The SMILES string of the molecule is O=C(COC(=O)c1ccc(I)cc1)Nc1cccc(C(=O)NC2CC2)c1. The number of hydrogen-bond acceptors (Lipinski definition) is 4. The predicted molar refractivity (Wildman–Crippen MR) is 105 cm³/mol. The molecule has 2 aromatic carbocycles. The highest BCUT2D eigenvalue weighted by Crippen LogP contribution is 2.20. The van der Waals surface area contributed by atoms with Crippen LogP contribution in [0.15, 0.2) is 48.5 Å². The van der Waals surface area contributed by atoms with Crippen LogP contribution in [-0.2, 0) is 9.53 Å². The van der Waals surface area contributed by atoms with E-state index in [0.29, 0.717) is 16.8 Å². The van der Waals surface area contributed by atoms with Crippen molar-refractivity contribution in [3.63, 3.8) is 0 Å². The van der Waals surface area contributed by atoms with Crippen LogP contribution in [0.5, 0.6) is 0 Å². The van der Waals surface area contributed by atoms with Gasteiger partial charge in [-0.3, -0.25) is 9.59 Å². The first-order chi connectivity index (χ1) is 12.5. The van der Waals surface area contributed by atoms with Crippen molar-refractivity contribution in [2.75, 3.05) is 11.9 Å². The molecule has 2 N–H and O–H groups in total.